The molecule has 0 amide bonds. The fourth-order valence-electron chi connectivity index (χ4n) is 1.68. The third kappa shape index (κ3) is 17.7. The Hall–Kier alpha value is -0.200. The Bertz CT molecular complexity index is 214. The number of nitrogens with one attached hydrogen (secondary N) is 1. The first-order valence-electron chi connectivity index (χ1n) is 8.28. The standard InChI is InChI=1S/C16H36N2O3/c1-14(2)7-9-19-10-11-20-12-13-21-16(17)6-5-8-18-15(3)4/h14-16,18H,5-13,17H2,1-4H3. The van der Waals surface area contributed by atoms with Crippen molar-refractivity contribution in [1.82, 2.24) is 5.32 Å². The van der Waals surface area contributed by atoms with Gasteiger partial charge >= 0.3 is 0 Å². The Morgan fingerprint density at radius 3 is 2.10 bits per heavy atom. The Kier molecular flexibility index (Phi) is 14.6. The van der Waals surface area contributed by atoms with Gasteiger partial charge in [0, 0.05) is 12.6 Å². The van der Waals surface area contributed by atoms with Crippen LogP contribution in [0.3, 0.4) is 0 Å². The zero-order chi connectivity index (χ0) is 15.9. The first-order valence-corrected chi connectivity index (χ1v) is 8.28. The highest BCUT2D eigenvalue weighted by Crippen LogP contribution is 1.99. The summed E-state index contributed by atoms with van der Waals surface area (Å²) in [6.07, 6.45) is 2.82. The van der Waals surface area contributed by atoms with E-state index in [-0.39, 0.29) is 6.23 Å². The van der Waals surface area contributed by atoms with Crippen LogP contribution in [0.25, 0.3) is 0 Å². The van der Waals surface area contributed by atoms with Gasteiger partial charge in [-0.2, -0.15) is 0 Å². The lowest BCUT2D eigenvalue weighted by atomic mass is 10.1. The minimum Gasteiger partial charge on any atom is -0.379 e. The van der Waals surface area contributed by atoms with Crippen molar-refractivity contribution >= 4 is 0 Å². The van der Waals surface area contributed by atoms with Crippen molar-refractivity contribution in [2.24, 2.45) is 11.7 Å². The van der Waals surface area contributed by atoms with E-state index in [1.54, 1.807) is 0 Å². The molecule has 0 fully saturated rings. The van der Waals surface area contributed by atoms with Crippen LogP contribution >= 0.6 is 0 Å². The zero-order valence-corrected chi connectivity index (χ0v) is 14.4. The average Bonchev–Trinajstić information content (AvgIpc) is 2.41. The Labute approximate surface area is 130 Å². The zero-order valence-electron chi connectivity index (χ0n) is 14.4. The molecule has 0 aromatic rings. The van der Waals surface area contributed by atoms with Gasteiger partial charge in [0.1, 0.15) is 6.23 Å². The van der Waals surface area contributed by atoms with E-state index in [0.29, 0.717) is 38.4 Å². The molecule has 21 heavy (non-hydrogen) atoms. The Morgan fingerprint density at radius 1 is 0.857 bits per heavy atom. The fourth-order valence-corrected chi connectivity index (χ4v) is 1.68. The normalized spacial score (nSPS) is 13.3. The maximum atomic E-state index is 5.87. The molecule has 1 unspecified atom stereocenters. The summed E-state index contributed by atoms with van der Waals surface area (Å²) in [6.45, 7) is 12.9. The predicted octanol–water partition coefficient (Wildman–Crippen LogP) is 2.15. The molecule has 5 nitrogen and oxygen atoms in total. The van der Waals surface area contributed by atoms with Crippen LogP contribution in [-0.2, 0) is 14.2 Å². The van der Waals surface area contributed by atoms with Crippen LogP contribution in [-0.4, -0.2) is 51.8 Å². The molecular weight excluding hydrogens is 268 g/mol. The van der Waals surface area contributed by atoms with Gasteiger partial charge in [0.05, 0.1) is 26.4 Å². The molecule has 128 valence electrons. The number of hydrogen-bond acceptors (Lipinski definition) is 5. The van der Waals surface area contributed by atoms with Crippen LogP contribution in [0.4, 0.5) is 0 Å². The SMILES string of the molecule is CC(C)CCOCCOCCOC(N)CCCNC(C)C. The average molecular weight is 304 g/mol. The fraction of sp³-hybridized carbons (Fsp3) is 1.00. The van der Waals surface area contributed by atoms with E-state index >= 15 is 0 Å². The molecular formula is C16H36N2O3. The summed E-state index contributed by atoms with van der Waals surface area (Å²) >= 11 is 0. The summed E-state index contributed by atoms with van der Waals surface area (Å²) < 4.78 is 16.4. The molecule has 0 aliphatic heterocycles. The molecule has 0 heterocycles. The quantitative estimate of drug-likeness (QED) is 0.358. The predicted molar refractivity (Wildman–Crippen MR) is 87.4 cm³/mol. The summed E-state index contributed by atoms with van der Waals surface area (Å²) in [5.41, 5.74) is 5.87. The van der Waals surface area contributed by atoms with Crippen LogP contribution in [0.5, 0.6) is 0 Å². The molecule has 0 bridgehead atoms. The molecule has 3 N–H and O–H groups in total. The van der Waals surface area contributed by atoms with Gasteiger partial charge in [-0.15, -0.1) is 0 Å². The summed E-state index contributed by atoms with van der Waals surface area (Å²) in [6, 6.07) is 0.526. The van der Waals surface area contributed by atoms with Crippen LogP contribution in [0, 0.1) is 5.92 Å². The second-order valence-corrected chi connectivity index (χ2v) is 6.07. The van der Waals surface area contributed by atoms with Crippen LogP contribution < -0.4 is 11.1 Å². The number of ether oxygens (including phenoxy) is 3. The van der Waals surface area contributed by atoms with E-state index in [4.69, 9.17) is 19.9 Å². The van der Waals surface area contributed by atoms with Crippen LogP contribution in [0.2, 0.25) is 0 Å². The summed E-state index contributed by atoms with van der Waals surface area (Å²) in [7, 11) is 0. The second kappa shape index (κ2) is 14.7. The van der Waals surface area contributed by atoms with Crippen molar-refractivity contribution < 1.29 is 14.2 Å². The van der Waals surface area contributed by atoms with E-state index < -0.39 is 0 Å². The number of nitrogens with two attached hydrogens (primary N) is 1. The van der Waals surface area contributed by atoms with E-state index in [9.17, 15) is 0 Å². The van der Waals surface area contributed by atoms with E-state index in [1.165, 1.54) is 0 Å². The lowest BCUT2D eigenvalue weighted by molar-refractivity contribution is -0.0129. The van der Waals surface area contributed by atoms with Gasteiger partial charge in [-0.3, -0.25) is 0 Å². The van der Waals surface area contributed by atoms with Gasteiger partial charge in [-0.25, -0.2) is 0 Å². The third-order valence-corrected chi connectivity index (χ3v) is 2.99. The van der Waals surface area contributed by atoms with E-state index in [1.807, 2.05) is 0 Å². The topological polar surface area (TPSA) is 65.7 Å². The summed E-state index contributed by atoms with van der Waals surface area (Å²) in [5, 5.41) is 3.36. The van der Waals surface area contributed by atoms with Crippen molar-refractivity contribution in [2.45, 2.75) is 59.2 Å². The third-order valence-electron chi connectivity index (χ3n) is 2.99. The van der Waals surface area contributed by atoms with Gasteiger partial charge in [0.2, 0.25) is 0 Å². The molecule has 0 saturated carbocycles. The van der Waals surface area contributed by atoms with E-state index in [2.05, 4.69) is 33.0 Å². The minimum atomic E-state index is -0.190. The first kappa shape index (κ1) is 20.8. The molecule has 0 spiro atoms. The maximum absolute atomic E-state index is 5.87. The lowest BCUT2D eigenvalue weighted by Crippen LogP contribution is -2.29. The largest absolute Gasteiger partial charge is 0.379 e. The molecule has 0 rings (SSSR count). The van der Waals surface area contributed by atoms with Gasteiger partial charge < -0.3 is 25.3 Å². The molecule has 0 aliphatic carbocycles. The van der Waals surface area contributed by atoms with Crippen LogP contribution in [0.1, 0.15) is 47.0 Å². The summed E-state index contributed by atoms with van der Waals surface area (Å²) in [5.74, 6) is 0.691. The van der Waals surface area contributed by atoms with Crippen molar-refractivity contribution in [3.05, 3.63) is 0 Å². The van der Waals surface area contributed by atoms with E-state index in [0.717, 1.165) is 32.4 Å². The number of hydrogen-bond donors (Lipinski definition) is 2. The van der Waals surface area contributed by atoms with Crippen molar-refractivity contribution in [3.63, 3.8) is 0 Å². The lowest BCUT2D eigenvalue weighted by Gasteiger charge is -2.14. The van der Waals surface area contributed by atoms with Crippen molar-refractivity contribution in [3.8, 4) is 0 Å². The Morgan fingerprint density at radius 2 is 1.48 bits per heavy atom. The maximum Gasteiger partial charge on any atom is 0.105 e. The van der Waals surface area contributed by atoms with Crippen molar-refractivity contribution in [2.75, 3.05) is 39.6 Å². The molecule has 5 heteroatoms. The molecule has 0 aromatic heterocycles. The summed E-state index contributed by atoms with van der Waals surface area (Å²) in [4.78, 5) is 0. The van der Waals surface area contributed by atoms with Crippen LogP contribution in [0.15, 0.2) is 0 Å². The van der Waals surface area contributed by atoms with Gasteiger partial charge in [0.15, 0.2) is 0 Å². The molecule has 0 aliphatic rings. The number of rotatable bonds is 15. The van der Waals surface area contributed by atoms with Gasteiger partial charge in [0.25, 0.3) is 0 Å². The molecule has 1 atom stereocenters. The molecule has 0 radical (unpaired) electrons. The van der Waals surface area contributed by atoms with Gasteiger partial charge in [-0.1, -0.05) is 27.7 Å². The second-order valence-electron chi connectivity index (χ2n) is 6.07. The molecule has 0 saturated heterocycles. The van der Waals surface area contributed by atoms with Crippen molar-refractivity contribution in [1.29, 1.82) is 0 Å². The highest BCUT2D eigenvalue weighted by molar-refractivity contribution is 4.55. The minimum absolute atomic E-state index is 0.190. The Balaban J connectivity index is 3.16. The molecule has 0 aromatic carbocycles. The smallest absolute Gasteiger partial charge is 0.105 e. The highest BCUT2D eigenvalue weighted by Gasteiger charge is 2.02. The monoisotopic (exact) mass is 304 g/mol. The van der Waals surface area contributed by atoms with Gasteiger partial charge in [-0.05, 0) is 31.7 Å². The highest BCUT2D eigenvalue weighted by atomic mass is 16.5. The first-order chi connectivity index (χ1) is 10.0.